The van der Waals surface area contributed by atoms with E-state index in [1.54, 1.807) is 54.6 Å². The fourth-order valence-corrected chi connectivity index (χ4v) is 3.72. The molecule has 4 rings (SSSR count). The van der Waals surface area contributed by atoms with Gasteiger partial charge in [0, 0.05) is 22.9 Å². The van der Waals surface area contributed by atoms with Crippen LogP contribution in [0.1, 0.15) is 22.7 Å². The van der Waals surface area contributed by atoms with E-state index in [2.05, 4.69) is 0 Å². The summed E-state index contributed by atoms with van der Waals surface area (Å²) in [4.78, 5) is 27.3. The van der Waals surface area contributed by atoms with Crippen molar-refractivity contribution in [2.75, 3.05) is 12.0 Å². The lowest BCUT2D eigenvalue weighted by Crippen LogP contribution is -2.29. The zero-order valence-electron chi connectivity index (χ0n) is 17.0. The molecule has 0 radical (unpaired) electrons. The van der Waals surface area contributed by atoms with Crippen molar-refractivity contribution in [1.29, 1.82) is 0 Å². The van der Waals surface area contributed by atoms with Gasteiger partial charge in [0.1, 0.15) is 17.3 Å². The Morgan fingerprint density at radius 2 is 1.71 bits per heavy atom. The van der Waals surface area contributed by atoms with E-state index in [-0.39, 0.29) is 16.9 Å². The number of methoxy groups -OCH3 is 1. The lowest BCUT2D eigenvalue weighted by Gasteiger charge is -2.26. The van der Waals surface area contributed by atoms with Gasteiger partial charge in [0.05, 0.1) is 18.7 Å². The highest BCUT2D eigenvalue weighted by molar-refractivity contribution is 6.51. The molecule has 1 aliphatic rings. The molecule has 1 N–H and O–H groups in total. The summed E-state index contributed by atoms with van der Waals surface area (Å²) >= 11 is 0. The van der Waals surface area contributed by atoms with Gasteiger partial charge in [-0.05, 0) is 25.1 Å². The van der Waals surface area contributed by atoms with E-state index in [9.17, 15) is 19.1 Å². The number of carbonyl (C=O) groups excluding carboxylic acids is 2. The molecule has 3 aromatic carbocycles. The van der Waals surface area contributed by atoms with Gasteiger partial charge in [-0.15, -0.1) is 0 Å². The molecule has 6 heteroatoms. The minimum absolute atomic E-state index is 0.109. The van der Waals surface area contributed by atoms with Crippen molar-refractivity contribution in [3.8, 4) is 5.75 Å². The number of carbonyl (C=O) groups is 2. The molecule has 1 saturated heterocycles. The van der Waals surface area contributed by atoms with Gasteiger partial charge in [-0.3, -0.25) is 14.5 Å². The highest BCUT2D eigenvalue weighted by Gasteiger charge is 2.47. The van der Waals surface area contributed by atoms with Gasteiger partial charge >= 0.3 is 0 Å². The summed E-state index contributed by atoms with van der Waals surface area (Å²) < 4.78 is 20.1. The van der Waals surface area contributed by atoms with Crippen LogP contribution in [0.5, 0.6) is 5.75 Å². The number of rotatable bonds is 4. The molecule has 3 aromatic rings. The van der Waals surface area contributed by atoms with Gasteiger partial charge in [0.25, 0.3) is 11.7 Å². The number of anilines is 1. The van der Waals surface area contributed by atoms with Crippen LogP contribution in [-0.4, -0.2) is 23.9 Å². The third-order valence-corrected chi connectivity index (χ3v) is 5.30. The Labute approximate surface area is 179 Å². The van der Waals surface area contributed by atoms with Crippen LogP contribution in [0, 0.1) is 12.7 Å². The molecule has 0 spiro atoms. The Morgan fingerprint density at radius 1 is 1.00 bits per heavy atom. The number of hydrogen-bond acceptors (Lipinski definition) is 4. The van der Waals surface area contributed by atoms with Crippen molar-refractivity contribution in [1.82, 2.24) is 0 Å². The molecule has 1 aliphatic heterocycles. The molecule has 156 valence electrons. The number of benzene rings is 3. The fourth-order valence-electron chi connectivity index (χ4n) is 3.72. The van der Waals surface area contributed by atoms with Crippen molar-refractivity contribution in [2.24, 2.45) is 0 Å². The number of nitrogens with zero attached hydrogens (tertiary/aromatic N) is 1. The SMILES string of the molecule is COc1cccc(N2C(=O)C(=O)/C(=C(/O)c3ccc(C)cc3)C2c2ccccc2F)c1. The second-order valence-electron chi connectivity index (χ2n) is 7.26. The molecule has 1 heterocycles. The third-order valence-electron chi connectivity index (χ3n) is 5.30. The van der Waals surface area contributed by atoms with Crippen LogP contribution >= 0.6 is 0 Å². The second kappa shape index (κ2) is 8.07. The Morgan fingerprint density at radius 3 is 2.39 bits per heavy atom. The first-order valence-electron chi connectivity index (χ1n) is 9.69. The number of ketones is 1. The molecule has 0 aromatic heterocycles. The van der Waals surface area contributed by atoms with Gasteiger partial charge in [0.2, 0.25) is 0 Å². The molecule has 31 heavy (non-hydrogen) atoms. The Kier molecular flexibility index (Phi) is 5.29. The molecule has 1 atom stereocenters. The minimum Gasteiger partial charge on any atom is -0.507 e. The van der Waals surface area contributed by atoms with Crippen LogP contribution in [-0.2, 0) is 9.59 Å². The van der Waals surface area contributed by atoms with Gasteiger partial charge in [-0.2, -0.15) is 0 Å². The van der Waals surface area contributed by atoms with Crippen molar-refractivity contribution in [3.05, 3.63) is 101 Å². The van der Waals surface area contributed by atoms with Crippen LogP contribution in [0.15, 0.2) is 78.4 Å². The predicted molar refractivity (Wildman–Crippen MR) is 115 cm³/mol. The second-order valence-corrected chi connectivity index (χ2v) is 7.26. The van der Waals surface area contributed by atoms with E-state index in [1.165, 1.54) is 30.2 Å². The summed E-state index contributed by atoms with van der Waals surface area (Å²) in [6.07, 6.45) is 0. The molecule has 1 fully saturated rings. The first-order chi connectivity index (χ1) is 14.9. The number of Topliss-reactive ketones (excluding diaryl/α,β-unsaturated/α-hetero) is 1. The van der Waals surface area contributed by atoms with Crippen molar-refractivity contribution in [3.63, 3.8) is 0 Å². The Bertz CT molecular complexity index is 1200. The zero-order chi connectivity index (χ0) is 22.1. The Hall–Kier alpha value is -3.93. The number of ether oxygens (including phenoxy) is 1. The summed E-state index contributed by atoms with van der Waals surface area (Å²) in [5, 5.41) is 11.0. The Balaban J connectivity index is 1.97. The predicted octanol–water partition coefficient (Wildman–Crippen LogP) is 4.77. The maximum atomic E-state index is 14.8. The molecule has 0 bridgehead atoms. The highest BCUT2D eigenvalue weighted by Crippen LogP contribution is 2.43. The van der Waals surface area contributed by atoms with Crippen molar-refractivity contribution >= 4 is 23.1 Å². The first kappa shape index (κ1) is 20.3. The zero-order valence-corrected chi connectivity index (χ0v) is 17.0. The maximum Gasteiger partial charge on any atom is 0.300 e. The van der Waals surface area contributed by atoms with E-state index in [1.807, 2.05) is 6.92 Å². The van der Waals surface area contributed by atoms with E-state index in [4.69, 9.17) is 4.74 Å². The lowest BCUT2D eigenvalue weighted by atomic mass is 9.94. The number of aliphatic hydroxyl groups excluding tert-OH is 1. The molecule has 0 aliphatic carbocycles. The van der Waals surface area contributed by atoms with Gasteiger partial charge in [0.15, 0.2) is 0 Å². The highest BCUT2D eigenvalue weighted by atomic mass is 19.1. The van der Waals surface area contributed by atoms with E-state index < -0.39 is 23.5 Å². The summed E-state index contributed by atoms with van der Waals surface area (Å²) in [6, 6.07) is 18.2. The molecule has 1 amide bonds. The standard InChI is InChI=1S/C25H20FNO4/c1-15-10-12-16(13-11-15)23(28)21-22(19-8-3-4-9-20(19)26)27(25(30)24(21)29)17-6-5-7-18(14-17)31-2/h3-14,22,28H,1-2H3/b23-21+. The number of aliphatic hydroxyl groups is 1. The van der Waals surface area contributed by atoms with E-state index >= 15 is 0 Å². The van der Waals surface area contributed by atoms with Crippen LogP contribution in [0.3, 0.4) is 0 Å². The fraction of sp³-hybridized carbons (Fsp3) is 0.120. The topological polar surface area (TPSA) is 66.8 Å². The summed E-state index contributed by atoms with van der Waals surface area (Å²) in [5.74, 6) is -2.19. The number of hydrogen-bond donors (Lipinski definition) is 1. The molecular weight excluding hydrogens is 397 g/mol. The molecule has 1 unspecified atom stereocenters. The summed E-state index contributed by atoms with van der Waals surface area (Å²) in [5.41, 5.74) is 1.65. The van der Waals surface area contributed by atoms with Crippen LogP contribution in [0.2, 0.25) is 0 Å². The van der Waals surface area contributed by atoms with Crippen LogP contribution < -0.4 is 9.64 Å². The van der Waals surface area contributed by atoms with Gasteiger partial charge in [-0.25, -0.2) is 4.39 Å². The van der Waals surface area contributed by atoms with Crippen molar-refractivity contribution < 1.29 is 23.8 Å². The smallest absolute Gasteiger partial charge is 0.300 e. The van der Waals surface area contributed by atoms with Crippen LogP contribution in [0.4, 0.5) is 10.1 Å². The third kappa shape index (κ3) is 3.57. The molecular formula is C25H20FNO4. The van der Waals surface area contributed by atoms with E-state index in [0.29, 0.717) is 17.0 Å². The largest absolute Gasteiger partial charge is 0.507 e. The van der Waals surface area contributed by atoms with Gasteiger partial charge < -0.3 is 9.84 Å². The number of aryl methyl sites for hydroxylation is 1. The quantitative estimate of drug-likeness (QED) is 0.377. The minimum atomic E-state index is -1.13. The summed E-state index contributed by atoms with van der Waals surface area (Å²) in [6.45, 7) is 1.89. The molecule has 5 nitrogen and oxygen atoms in total. The number of amides is 1. The van der Waals surface area contributed by atoms with Gasteiger partial charge in [-0.1, -0.05) is 54.1 Å². The normalized spacial score (nSPS) is 17.8. The summed E-state index contributed by atoms with van der Waals surface area (Å²) in [7, 11) is 1.49. The lowest BCUT2D eigenvalue weighted by molar-refractivity contribution is -0.132. The monoisotopic (exact) mass is 417 g/mol. The first-order valence-corrected chi connectivity index (χ1v) is 9.69. The average molecular weight is 417 g/mol. The maximum absolute atomic E-state index is 14.8. The number of halogens is 1. The van der Waals surface area contributed by atoms with Crippen molar-refractivity contribution in [2.45, 2.75) is 13.0 Å². The molecule has 0 saturated carbocycles. The van der Waals surface area contributed by atoms with E-state index in [0.717, 1.165) is 5.56 Å². The average Bonchev–Trinajstić information content (AvgIpc) is 3.04. The van der Waals surface area contributed by atoms with Crippen LogP contribution in [0.25, 0.3) is 5.76 Å².